The van der Waals surface area contributed by atoms with Crippen LogP contribution in [0.2, 0.25) is 0 Å². The Labute approximate surface area is 87.8 Å². The Hall–Kier alpha value is -0.350. The second-order valence-electron chi connectivity index (χ2n) is 2.23. The van der Waals surface area contributed by atoms with E-state index in [1.165, 1.54) is 6.07 Å². The Morgan fingerprint density at radius 2 is 2.15 bits per heavy atom. The highest BCUT2D eigenvalue weighted by atomic mass is 79.9. The van der Waals surface area contributed by atoms with Crippen LogP contribution in [0, 0.1) is 0 Å². The van der Waals surface area contributed by atoms with Crippen LogP contribution in [0.5, 0.6) is 5.75 Å². The zero-order valence-electron chi connectivity index (χ0n) is 6.44. The smallest absolute Gasteiger partial charge is 0.387 e. The number of rotatable bonds is 3. The Bertz CT molecular complexity index is 293. The molecule has 0 saturated heterocycles. The minimum atomic E-state index is -2.82. The van der Waals surface area contributed by atoms with Crippen LogP contribution in [0.3, 0.4) is 0 Å². The van der Waals surface area contributed by atoms with Crippen molar-refractivity contribution < 1.29 is 13.5 Å². The lowest BCUT2D eigenvalue weighted by molar-refractivity contribution is -0.0503. The molecule has 0 radical (unpaired) electrons. The number of hydrogen-bond donors (Lipinski definition) is 0. The molecule has 0 spiro atoms. The molecule has 0 heterocycles. The molecular formula is C8H6BrClF2O. The van der Waals surface area contributed by atoms with Crippen molar-refractivity contribution in [2.45, 2.75) is 12.5 Å². The SMILES string of the molecule is FC(F)Oc1cccc(Br)c1CCl. The molecule has 13 heavy (non-hydrogen) atoms. The third kappa shape index (κ3) is 2.81. The largest absolute Gasteiger partial charge is 0.434 e. The van der Waals surface area contributed by atoms with Crippen LogP contribution in [0.25, 0.3) is 0 Å². The summed E-state index contributed by atoms with van der Waals surface area (Å²) in [5.74, 6) is 0.239. The van der Waals surface area contributed by atoms with Gasteiger partial charge in [-0.05, 0) is 12.1 Å². The van der Waals surface area contributed by atoms with E-state index in [2.05, 4.69) is 20.7 Å². The molecule has 0 unspecified atom stereocenters. The normalized spacial score (nSPS) is 10.5. The van der Waals surface area contributed by atoms with Gasteiger partial charge >= 0.3 is 6.61 Å². The zero-order valence-corrected chi connectivity index (χ0v) is 8.78. The molecule has 0 aliphatic rings. The predicted molar refractivity (Wildman–Crippen MR) is 50.3 cm³/mol. The van der Waals surface area contributed by atoms with E-state index in [4.69, 9.17) is 11.6 Å². The summed E-state index contributed by atoms with van der Waals surface area (Å²) >= 11 is 8.75. The van der Waals surface area contributed by atoms with Crippen LogP contribution in [0.4, 0.5) is 8.78 Å². The lowest BCUT2D eigenvalue weighted by Gasteiger charge is -2.09. The van der Waals surface area contributed by atoms with Gasteiger partial charge in [-0.3, -0.25) is 0 Å². The van der Waals surface area contributed by atoms with Gasteiger partial charge in [0.25, 0.3) is 0 Å². The minimum absolute atomic E-state index is 0.111. The van der Waals surface area contributed by atoms with Gasteiger partial charge in [0.1, 0.15) is 5.75 Å². The quantitative estimate of drug-likeness (QED) is 0.760. The molecule has 5 heteroatoms. The van der Waals surface area contributed by atoms with Crippen LogP contribution in [0.15, 0.2) is 22.7 Å². The Morgan fingerprint density at radius 1 is 1.46 bits per heavy atom. The van der Waals surface area contributed by atoms with E-state index in [0.717, 1.165) is 0 Å². The summed E-state index contributed by atoms with van der Waals surface area (Å²) in [6.07, 6.45) is 0. The van der Waals surface area contributed by atoms with Crippen molar-refractivity contribution in [1.82, 2.24) is 0 Å². The van der Waals surface area contributed by atoms with Crippen LogP contribution in [-0.4, -0.2) is 6.61 Å². The summed E-state index contributed by atoms with van der Waals surface area (Å²) in [5.41, 5.74) is 0.532. The average molecular weight is 271 g/mol. The van der Waals surface area contributed by atoms with Gasteiger partial charge in [0.05, 0.1) is 5.88 Å². The monoisotopic (exact) mass is 270 g/mol. The van der Waals surface area contributed by atoms with Gasteiger partial charge in [-0.1, -0.05) is 22.0 Å². The maximum atomic E-state index is 11.9. The summed E-state index contributed by atoms with van der Waals surface area (Å²) in [4.78, 5) is 0. The molecule has 1 rings (SSSR count). The number of ether oxygens (including phenoxy) is 1. The van der Waals surface area contributed by atoms with Crippen LogP contribution in [0.1, 0.15) is 5.56 Å². The van der Waals surface area contributed by atoms with Crippen molar-refractivity contribution in [2.75, 3.05) is 0 Å². The number of halogens is 4. The number of benzene rings is 1. The van der Waals surface area contributed by atoms with Gasteiger partial charge in [-0.25, -0.2) is 0 Å². The van der Waals surface area contributed by atoms with Crippen molar-refractivity contribution in [1.29, 1.82) is 0 Å². The molecule has 0 aliphatic carbocycles. The van der Waals surface area contributed by atoms with Gasteiger partial charge in [0, 0.05) is 10.0 Å². The fraction of sp³-hybridized carbons (Fsp3) is 0.250. The molecule has 0 amide bonds. The fourth-order valence-corrected chi connectivity index (χ4v) is 1.80. The van der Waals surface area contributed by atoms with E-state index >= 15 is 0 Å². The van der Waals surface area contributed by atoms with Crippen molar-refractivity contribution in [2.24, 2.45) is 0 Å². The first kappa shape index (κ1) is 10.7. The topological polar surface area (TPSA) is 9.23 Å². The fourth-order valence-electron chi connectivity index (χ4n) is 0.875. The maximum absolute atomic E-state index is 11.9. The van der Waals surface area contributed by atoms with Gasteiger partial charge in [0.2, 0.25) is 0 Å². The first-order chi connectivity index (χ1) is 6.15. The Morgan fingerprint density at radius 3 is 2.69 bits per heavy atom. The van der Waals surface area contributed by atoms with E-state index in [1.807, 2.05) is 0 Å². The van der Waals surface area contributed by atoms with E-state index in [9.17, 15) is 8.78 Å². The third-order valence-electron chi connectivity index (χ3n) is 1.43. The summed E-state index contributed by atoms with van der Waals surface area (Å²) in [6.45, 7) is -2.82. The highest BCUT2D eigenvalue weighted by molar-refractivity contribution is 9.10. The summed E-state index contributed by atoms with van der Waals surface area (Å²) in [5, 5.41) is 0. The van der Waals surface area contributed by atoms with E-state index in [1.54, 1.807) is 12.1 Å². The second kappa shape index (κ2) is 4.77. The average Bonchev–Trinajstić information content (AvgIpc) is 2.03. The molecular weight excluding hydrogens is 265 g/mol. The molecule has 1 nitrogen and oxygen atoms in total. The Kier molecular flexibility index (Phi) is 3.93. The standard InChI is InChI=1S/C8H6BrClF2O/c9-6-2-1-3-7(5(6)4-10)13-8(11)12/h1-3,8H,4H2. The van der Waals surface area contributed by atoms with Crippen molar-refractivity contribution in [3.63, 3.8) is 0 Å². The first-order valence-corrected chi connectivity index (χ1v) is 4.76. The molecule has 0 bridgehead atoms. The van der Waals surface area contributed by atoms with Gasteiger partial charge < -0.3 is 4.74 Å². The highest BCUT2D eigenvalue weighted by Crippen LogP contribution is 2.29. The molecule has 72 valence electrons. The van der Waals surface area contributed by atoms with Crippen molar-refractivity contribution in [3.8, 4) is 5.75 Å². The molecule has 0 aliphatic heterocycles. The van der Waals surface area contributed by atoms with Crippen LogP contribution < -0.4 is 4.74 Å². The van der Waals surface area contributed by atoms with Crippen molar-refractivity contribution in [3.05, 3.63) is 28.2 Å². The maximum Gasteiger partial charge on any atom is 0.387 e. The third-order valence-corrected chi connectivity index (χ3v) is 2.44. The van der Waals surface area contributed by atoms with Crippen LogP contribution in [-0.2, 0) is 5.88 Å². The molecule has 1 aromatic rings. The molecule has 1 aromatic carbocycles. The van der Waals surface area contributed by atoms with E-state index in [0.29, 0.717) is 10.0 Å². The molecule has 0 fully saturated rings. The highest BCUT2D eigenvalue weighted by Gasteiger charge is 2.10. The summed E-state index contributed by atoms with van der Waals surface area (Å²) < 4.78 is 28.7. The van der Waals surface area contributed by atoms with Gasteiger partial charge in [-0.2, -0.15) is 8.78 Å². The lowest BCUT2D eigenvalue weighted by atomic mass is 10.2. The Balaban J connectivity index is 2.98. The summed E-state index contributed by atoms with van der Waals surface area (Å²) in [6, 6.07) is 4.78. The second-order valence-corrected chi connectivity index (χ2v) is 3.35. The number of hydrogen-bond acceptors (Lipinski definition) is 1. The van der Waals surface area contributed by atoms with E-state index in [-0.39, 0.29) is 11.6 Å². The first-order valence-electron chi connectivity index (χ1n) is 3.43. The predicted octanol–water partition coefficient (Wildman–Crippen LogP) is 3.79. The summed E-state index contributed by atoms with van der Waals surface area (Å²) in [7, 11) is 0. The van der Waals surface area contributed by atoms with Gasteiger partial charge in [0.15, 0.2) is 0 Å². The zero-order chi connectivity index (χ0) is 9.84. The molecule has 0 atom stereocenters. The minimum Gasteiger partial charge on any atom is -0.434 e. The number of alkyl halides is 3. The molecule has 0 N–H and O–H groups in total. The van der Waals surface area contributed by atoms with Gasteiger partial charge in [-0.15, -0.1) is 11.6 Å². The lowest BCUT2D eigenvalue weighted by Crippen LogP contribution is -2.04. The van der Waals surface area contributed by atoms with Crippen molar-refractivity contribution >= 4 is 27.5 Å². The molecule has 0 saturated carbocycles. The van der Waals surface area contributed by atoms with E-state index < -0.39 is 6.61 Å². The van der Waals surface area contributed by atoms with Crippen LogP contribution >= 0.6 is 27.5 Å². The molecule has 0 aromatic heterocycles.